The van der Waals surface area contributed by atoms with Crippen LogP contribution in [-0.2, 0) is 9.59 Å². The summed E-state index contributed by atoms with van der Waals surface area (Å²) >= 11 is 0. The van der Waals surface area contributed by atoms with E-state index in [1.807, 2.05) is 0 Å². The zero-order valence-corrected chi connectivity index (χ0v) is 10.3. The van der Waals surface area contributed by atoms with Crippen LogP contribution in [0.1, 0.15) is 13.8 Å². The summed E-state index contributed by atoms with van der Waals surface area (Å²) in [6.45, 7) is 2.02. The smallest absolute Gasteiger partial charge is 0.549 e. The minimum Gasteiger partial charge on any atom is -0.549 e. The molecule has 10 heavy (non-hydrogen) atoms. The number of aliphatic carboxylic acids is 2. The van der Waals surface area contributed by atoms with Gasteiger partial charge in [0, 0.05) is 5.41 Å². The van der Waals surface area contributed by atoms with Crippen molar-refractivity contribution in [2.24, 2.45) is 5.41 Å². The summed E-state index contributed by atoms with van der Waals surface area (Å²) in [5.74, 6) is -3.27. The van der Waals surface area contributed by atoms with Crippen molar-refractivity contribution < 1.29 is 19.8 Å². The first-order chi connectivity index (χ1) is 3.89. The van der Waals surface area contributed by atoms with Crippen LogP contribution >= 0.6 is 0 Å². The molecule has 0 aliphatic rings. The second kappa shape index (κ2) is 4.40. The van der Waals surface area contributed by atoms with E-state index in [4.69, 9.17) is 0 Å². The van der Waals surface area contributed by atoms with Crippen LogP contribution < -0.4 is 10.2 Å². The Kier molecular flexibility index (Phi) is 5.78. The van der Waals surface area contributed by atoms with Crippen molar-refractivity contribution in [2.75, 3.05) is 0 Å². The Morgan fingerprint density at radius 1 is 1.10 bits per heavy atom. The van der Waals surface area contributed by atoms with Crippen LogP contribution in [0.5, 0.6) is 0 Å². The monoisotopic (exact) mass is 268 g/mol. The summed E-state index contributed by atoms with van der Waals surface area (Å²) in [6.07, 6.45) is 0. The fourth-order valence-corrected chi connectivity index (χ4v) is 0.0833. The molecule has 0 spiro atoms. The summed E-state index contributed by atoms with van der Waals surface area (Å²) in [7, 11) is 0. The fraction of sp³-hybridized carbons (Fsp3) is 0.600. The molecule has 0 radical (unpaired) electrons. The van der Waals surface area contributed by atoms with Gasteiger partial charge in [-0.2, -0.15) is 0 Å². The molecule has 0 rings (SSSR count). The van der Waals surface area contributed by atoms with Crippen molar-refractivity contribution in [1.82, 2.24) is 0 Å². The molecule has 0 aliphatic heterocycles. The number of carbonyl (C=O) groups is 2. The van der Waals surface area contributed by atoms with E-state index in [0.717, 1.165) is 13.8 Å². The van der Waals surface area contributed by atoms with Crippen molar-refractivity contribution in [2.45, 2.75) is 13.8 Å². The Balaban J connectivity index is 0. The first kappa shape index (κ1) is 13.1. The number of carboxylic acids is 2. The first-order valence-electron chi connectivity index (χ1n) is 2.32. The molecule has 0 aromatic heterocycles. The van der Waals surface area contributed by atoms with Gasteiger partial charge in [0.1, 0.15) is 0 Å². The molecule has 0 saturated heterocycles. The Morgan fingerprint density at radius 2 is 1.30 bits per heavy atom. The molecule has 0 fully saturated rings. The minimum atomic E-state index is -1.89. The minimum absolute atomic E-state index is 0. The van der Waals surface area contributed by atoms with Crippen LogP contribution in [0.2, 0.25) is 0 Å². The van der Waals surface area contributed by atoms with Gasteiger partial charge in [0.05, 0.1) is 11.9 Å². The average Bonchev–Trinajstić information content (AvgIpc) is 1.65. The molecule has 0 atom stereocenters. The van der Waals surface area contributed by atoms with Gasteiger partial charge in [-0.1, -0.05) is 0 Å². The molecule has 0 saturated carbocycles. The normalized spacial score (nSPS) is 9.80. The van der Waals surface area contributed by atoms with Crippen LogP contribution in [0.4, 0.5) is 0 Å². The van der Waals surface area contributed by atoms with E-state index in [0.29, 0.717) is 0 Å². The van der Waals surface area contributed by atoms with Crippen LogP contribution in [0, 0.1) is 5.41 Å². The van der Waals surface area contributed by atoms with E-state index < -0.39 is 17.4 Å². The molecule has 0 unspecified atom stereocenters. The third kappa shape index (κ3) is 3.07. The summed E-state index contributed by atoms with van der Waals surface area (Å²) in [5.41, 5.74) is -1.89. The van der Waals surface area contributed by atoms with E-state index in [2.05, 4.69) is 0 Å². The molecular weight excluding hydrogens is 261 g/mol. The Labute approximate surface area is 98.7 Å². The molecule has 0 bridgehead atoms. The zero-order valence-electron chi connectivity index (χ0n) is 5.84. The maximum absolute atomic E-state index is 9.93. The summed E-state index contributed by atoms with van der Waals surface area (Å²) < 4.78 is 0. The van der Waals surface area contributed by atoms with Gasteiger partial charge < -0.3 is 19.8 Å². The molecule has 52 valence electrons. The van der Waals surface area contributed by atoms with Crippen molar-refractivity contribution in [1.29, 1.82) is 0 Å². The molecule has 0 amide bonds. The quantitative estimate of drug-likeness (QED) is 0.398. The number of hydrogen-bond acceptors (Lipinski definition) is 4. The number of carboxylic acid groups (broad SMARTS) is 2. The second-order valence-corrected chi connectivity index (χ2v) is 2.20. The van der Waals surface area contributed by atoms with Gasteiger partial charge in [0.25, 0.3) is 0 Å². The van der Waals surface area contributed by atoms with Gasteiger partial charge in [-0.15, -0.1) is 0 Å². The number of carbonyl (C=O) groups excluding carboxylic acids is 2. The fourth-order valence-electron chi connectivity index (χ4n) is 0.0833. The molecule has 0 N–H and O–H groups in total. The predicted molar refractivity (Wildman–Crippen MR) is 29.5 cm³/mol. The van der Waals surface area contributed by atoms with Gasteiger partial charge in [-0.25, -0.2) is 0 Å². The molecule has 0 aliphatic carbocycles. The van der Waals surface area contributed by atoms with Crippen LogP contribution in [0.25, 0.3) is 0 Å². The van der Waals surface area contributed by atoms with E-state index in [1.165, 1.54) is 0 Å². The zero-order chi connectivity index (χ0) is 7.65. The Hall–Kier alpha value is 0.511. The summed E-state index contributed by atoms with van der Waals surface area (Å²) in [6, 6.07) is 0. The van der Waals surface area contributed by atoms with Crippen molar-refractivity contribution in [3.8, 4) is 0 Å². The molecular formula is C5H6BaO4. The first-order valence-corrected chi connectivity index (χ1v) is 2.32. The summed E-state index contributed by atoms with van der Waals surface area (Å²) in [5, 5.41) is 19.9. The molecule has 0 aromatic carbocycles. The summed E-state index contributed by atoms with van der Waals surface area (Å²) in [4.78, 5) is 19.9. The molecule has 4 nitrogen and oxygen atoms in total. The van der Waals surface area contributed by atoms with Crippen molar-refractivity contribution >= 4 is 60.8 Å². The average molecular weight is 267 g/mol. The molecule has 5 heteroatoms. The van der Waals surface area contributed by atoms with Crippen LogP contribution in [0.15, 0.2) is 0 Å². The molecule has 0 heterocycles. The largest absolute Gasteiger partial charge is 2.00 e. The third-order valence-electron chi connectivity index (χ3n) is 1.02. The Bertz CT molecular complexity index is 136. The Morgan fingerprint density at radius 3 is 1.30 bits per heavy atom. The number of hydrogen-bond donors (Lipinski definition) is 0. The SMILES string of the molecule is CC(C)(C(=O)[O-])C(=O)[O-].[Ba+2]. The van der Waals surface area contributed by atoms with Gasteiger partial charge in [0.2, 0.25) is 0 Å². The van der Waals surface area contributed by atoms with E-state index in [9.17, 15) is 19.8 Å². The van der Waals surface area contributed by atoms with Crippen LogP contribution in [0.3, 0.4) is 0 Å². The maximum atomic E-state index is 9.93. The van der Waals surface area contributed by atoms with Gasteiger partial charge in [-0.3, -0.25) is 0 Å². The van der Waals surface area contributed by atoms with Crippen molar-refractivity contribution in [3.05, 3.63) is 0 Å². The van der Waals surface area contributed by atoms with E-state index in [1.54, 1.807) is 0 Å². The van der Waals surface area contributed by atoms with E-state index >= 15 is 0 Å². The van der Waals surface area contributed by atoms with Gasteiger partial charge >= 0.3 is 48.9 Å². The predicted octanol–water partition coefficient (Wildman–Crippen LogP) is -2.87. The van der Waals surface area contributed by atoms with Crippen molar-refractivity contribution in [3.63, 3.8) is 0 Å². The maximum Gasteiger partial charge on any atom is 2.00 e. The topological polar surface area (TPSA) is 80.3 Å². The molecule has 0 aromatic rings. The van der Waals surface area contributed by atoms with Gasteiger partial charge in [0.15, 0.2) is 0 Å². The van der Waals surface area contributed by atoms with Gasteiger partial charge in [-0.05, 0) is 13.8 Å². The standard InChI is InChI=1S/C5H8O4.Ba/c1-5(2,3(6)7)4(8)9;/h1-2H3,(H,6,7)(H,8,9);/q;+2/p-2. The third-order valence-corrected chi connectivity index (χ3v) is 1.02. The van der Waals surface area contributed by atoms with Crippen LogP contribution in [-0.4, -0.2) is 60.8 Å². The second-order valence-electron chi connectivity index (χ2n) is 2.20. The number of rotatable bonds is 2. The van der Waals surface area contributed by atoms with E-state index in [-0.39, 0.29) is 48.9 Å².